The van der Waals surface area contributed by atoms with Crippen LogP contribution >= 0.6 is 7.75 Å². The number of hydrogen-bond acceptors (Lipinski definition) is 6. The van der Waals surface area contributed by atoms with Crippen molar-refractivity contribution in [3.8, 4) is 0 Å². The van der Waals surface area contributed by atoms with Crippen molar-refractivity contribution in [2.24, 2.45) is 5.73 Å². The monoisotopic (exact) mass is 342 g/mol. The lowest BCUT2D eigenvalue weighted by Crippen LogP contribution is -2.33. The van der Waals surface area contributed by atoms with Gasteiger partial charge in [0.2, 0.25) is 0 Å². The molecule has 9 nitrogen and oxygen atoms in total. The van der Waals surface area contributed by atoms with E-state index in [0.717, 1.165) is 0 Å². The van der Waals surface area contributed by atoms with Gasteiger partial charge in [0.05, 0.1) is 18.6 Å². The van der Waals surface area contributed by atoms with E-state index in [1.807, 2.05) is 0 Å². The zero-order valence-corrected chi connectivity index (χ0v) is 14.5. The van der Waals surface area contributed by atoms with E-state index in [9.17, 15) is 14.2 Å². The summed E-state index contributed by atoms with van der Waals surface area (Å²) >= 11 is 0. The number of nitrogens with one attached hydrogen (secondary N) is 1. The second-order valence-corrected chi connectivity index (χ2v) is 6.60. The number of carbonyl (C=O) groups is 2. The molecule has 0 bridgehead atoms. The maximum Gasteiger partial charge on any atom is 0.406 e. The van der Waals surface area contributed by atoms with Crippen molar-refractivity contribution in [1.82, 2.24) is 5.09 Å². The lowest BCUT2D eigenvalue weighted by Gasteiger charge is -2.24. The maximum atomic E-state index is 12.1. The fourth-order valence-corrected chi connectivity index (χ4v) is 2.92. The summed E-state index contributed by atoms with van der Waals surface area (Å²) in [7, 11) is -3.57. The second-order valence-electron chi connectivity index (χ2n) is 4.93. The van der Waals surface area contributed by atoms with Gasteiger partial charge in [-0.1, -0.05) is 0 Å². The van der Waals surface area contributed by atoms with E-state index in [1.54, 1.807) is 27.7 Å². The van der Waals surface area contributed by atoms with Crippen molar-refractivity contribution in [3.05, 3.63) is 0 Å². The van der Waals surface area contributed by atoms with Crippen LogP contribution in [0.25, 0.3) is 0 Å². The van der Waals surface area contributed by atoms with Crippen LogP contribution in [0.3, 0.4) is 0 Å². The van der Waals surface area contributed by atoms with Gasteiger partial charge in [-0.25, -0.2) is 9.65 Å². The molecule has 0 saturated heterocycles. The highest BCUT2D eigenvalue weighted by Crippen LogP contribution is 2.46. The predicted molar refractivity (Wildman–Crippen MR) is 81.6 cm³/mol. The second kappa shape index (κ2) is 11.6. The van der Waals surface area contributed by atoms with Gasteiger partial charge in [-0.05, 0) is 34.6 Å². The maximum absolute atomic E-state index is 12.1. The molecule has 0 heterocycles. The highest BCUT2D eigenvalue weighted by molar-refractivity contribution is 7.51. The van der Waals surface area contributed by atoms with Crippen molar-refractivity contribution in [3.63, 3.8) is 0 Å². The first-order chi connectivity index (χ1) is 9.93. The third-order valence-corrected chi connectivity index (χ3v) is 3.88. The molecule has 0 radical (unpaired) electrons. The molecule has 0 fully saturated rings. The van der Waals surface area contributed by atoms with Crippen molar-refractivity contribution < 1.29 is 33.4 Å². The molecule has 0 spiro atoms. The van der Waals surface area contributed by atoms with E-state index < -0.39 is 25.7 Å². The molecule has 1 atom stereocenters. The van der Waals surface area contributed by atoms with Gasteiger partial charge >= 0.3 is 19.7 Å². The third-order valence-electron chi connectivity index (χ3n) is 1.78. The Morgan fingerprint density at radius 2 is 1.50 bits per heavy atom. The highest BCUT2D eigenvalue weighted by Gasteiger charge is 2.31. The van der Waals surface area contributed by atoms with E-state index in [4.69, 9.17) is 25.0 Å². The van der Waals surface area contributed by atoms with Gasteiger partial charge in [-0.2, -0.15) is 0 Å². The first kappa shape index (κ1) is 23.3. The summed E-state index contributed by atoms with van der Waals surface area (Å²) in [4.78, 5) is 20.2. The number of hydrogen-bond donors (Lipinski definition) is 4. The number of carboxylic acids is 2. The SMILES string of the molecule is CC(C)OP(=O)(NC(C)C(=O)O)OC(C)C.NCCC(=O)O. The van der Waals surface area contributed by atoms with Gasteiger partial charge < -0.3 is 15.9 Å². The quantitative estimate of drug-likeness (QED) is 0.456. The van der Waals surface area contributed by atoms with Crippen LogP contribution in [0.15, 0.2) is 0 Å². The lowest BCUT2D eigenvalue weighted by atomic mass is 10.4. The summed E-state index contributed by atoms with van der Waals surface area (Å²) < 4.78 is 22.4. The Labute approximate surface area is 130 Å². The number of nitrogens with two attached hydrogens (primary N) is 1. The normalized spacial score (nSPS) is 12.7. The fraction of sp³-hybridized carbons (Fsp3) is 0.833. The zero-order chi connectivity index (χ0) is 17.9. The molecule has 0 aliphatic carbocycles. The summed E-state index contributed by atoms with van der Waals surface area (Å²) in [6.45, 7) is 8.40. The highest BCUT2D eigenvalue weighted by atomic mass is 31.2. The molecule has 0 saturated carbocycles. The standard InChI is InChI=1S/C9H20NO5P.C3H7NO2/c1-6(2)14-16(13,15-7(3)4)10-8(5)9(11)12;4-2-1-3(5)6/h6-8H,1-5H3,(H,10,13)(H,11,12);1-2,4H2,(H,5,6). The van der Waals surface area contributed by atoms with E-state index >= 15 is 0 Å². The summed E-state index contributed by atoms with van der Waals surface area (Å²) in [5, 5.41) is 18.9. The Morgan fingerprint density at radius 3 is 1.68 bits per heavy atom. The molecular formula is C12H27N2O7P. The van der Waals surface area contributed by atoms with Crippen LogP contribution in [0, 0.1) is 0 Å². The largest absolute Gasteiger partial charge is 0.481 e. The van der Waals surface area contributed by atoms with Gasteiger partial charge in [0.25, 0.3) is 0 Å². The van der Waals surface area contributed by atoms with Crippen LogP contribution in [0.4, 0.5) is 0 Å². The van der Waals surface area contributed by atoms with Crippen LogP contribution in [0.1, 0.15) is 41.0 Å². The minimum Gasteiger partial charge on any atom is -0.481 e. The molecule has 10 heteroatoms. The van der Waals surface area contributed by atoms with Gasteiger partial charge in [0.1, 0.15) is 6.04 Å². The molecule has 0 aromatic heterocycles. The van der Waals surface area contributed by atoms with E-state index in [2.05, 4.69) is 5.09 Å². The minimum atomic E-state index is -3.57. The molecular weight excluding hydrogens is 315 g/mol. The predicted octanol–water partition coefficient (Wildman–Crippen LogP) is 1.43. The van der Waals surface area contributed by atoms with E-state index in [0.29, 0.717) is 0 Å². The molecule has 0 aliphatic heterocycles. The van der Waals surface area contributed by atoms with Crippen molar-refractivity contribution >= 4 is 19.7 Å². The topological polar surface area (TPSA) is 148 Å². The van der Waals surface area contributed by atoms with Crippen LogP contribution in [-0.4, -0.2) is 46.9 Å². The summed E-state index contributed by atoms with van der Waals surface area (Å²) in [5.41, 5.74) is 4.85. The minimum absolute atomic E-state index is 0.0694. The summed E-state index contributed by atoms with van der Waals surface area (Å²) in [6, 6.07) is -0.997. The average Bonchev–Trinajstić information content (AvgIpc) is 2.25. The molecule has 132 valence electrons. The Morgan fingerprint density at radius 1 is 1.09 bits per heavy atom. The van der Waals surface area contributed by atoms with Crippen LogP contribution in [0.5, 0.6) is 0 Å². The Bertz CT molecular complexity index is 374. The average molecular weight is 342 g/mol. The molecule has 0 aromatic carbocycles. The molecule has 22 heavy (non-hydrogen) atoms. The van der Waals surface area contributed by atoms with Gasteiger partial charge in [0.15, 0.2) is 0 Å². The lowest BCUT2D eigenvalue weighted by molar-refractivity contribution is -0.139. The third kappa shape index (κ3) is 14.0. The van der Waals surface area contributed by atoms with E-state index in [-0.39, 0.29) is 25.2 Å². The van der Waals surface area contributed by atoms with Crippen LogP contribution < -0.4 is 10.8 Å². The Balaban J connectivity index is 0. The van der Waals surface area contributed by atoms with Crippen molar-refractivity contribution in [1.29, 1.82) is 0 Å². The Kier molecular flexibility index (Phi) is 12.2. The number of aliphatic carboxylic acids is 2. The van der Waals surface area contributed by atoms with Crippen molar-refractivity contribution in [2.75, 3.05) is 6.54 Å². The molecule has 0 aliphatic rings. The van der Waals surface area contributed by atoms with Crippen molar-refractivity contribution in [2.45, 2.75) is 59.3 Å². The fourth-order valence-electron chi connectivity index (χ4n) is 1.06. The van der Waals surface area contributed by atoms with Gasteiger partial charge in [0, 0.05) is 6.54 Å². The smallest absolute Gasteiger partial charge is 0.406 e. The van der Waals surface area contributed by atoms with Gasteiger partial charge in [-0.3, -0.25) is 18.6 Å². The van der Waals surface area contributed by atoms with E-state index in [1.165, 1.54) is 6.92 Å². The van der Waals surface area contributed by atoms with Crippen LogP contribution in [-0.2, 0) is 23.2 Å². The first-order valence-corrected chi connectivity index (χ1v) is 8.37. The molecule has 0 rings (SSSR count). The zero-order valence-electron chi connectivity index (χ0n) is 13.6. The molecule has 1 unspecified atom stereocenters. The molecule has 0 aromatic rings. The molecule has 5 N–H and O–H groups in total. The number of rotatable bonds is 9. The van der Waals surface area contributed by atoms with Gasteiger partial charge in [-0.15, -0.1) is 0 Å². The summed E-state index contributed by atoms with van der Waals surface area (Å²) in [6.07, 6.45) is -0.573. The molecule has 0 amide bonds. The number of carboxylic acid groups (broad SMARTS) is 2. The first-order valence-electron chi connectivity index (χ1n) is 6.82. The van der Waals surface area contributed by atoms with Crippen LogP contribution in [0.2, 0.25) is 0 Å². The summed E-state index contributed by atoms with van der Waals surface area (Å²) in [5.74, 6) is -1.95. The Hall–Kier alpha value is -0.990.